The van der Waals surface area contributed by atoms with Crippen LogP contribution in [0.25, 0.3) is 0 Å². The summed E-state index contributed by atoms with van der Waals surface area (Å²) in [5.74, 6) is 0.910. The standard InChI is InChI=1S/C19H25NO2S/c1-3-5-12-22-18-8-6-17(7-9-18)19(21)20(11-4-2)14-16-10-13-23-15-16/h6-10,13,15H,3-5,11-12,14H2,1-2H3. The number of unbranched alkanes of at least 4 members (excludes halogenated alkanes) is 1. The van der Waals surface area contributed by atoms with Crippen molar-refractivity contribution < 1.29 is 9.53 Å². The second-order valence-electron chi connectivity index (χ2n) is 5.58. The van der Waals surface area contributed by atoms with Gasteiger partial charge in [0.05, 0.1) is 6.61 Å². The predicted molar refractivity (Wildman–Crippen MR) is 96.2 cm³/mol. The second-order valence-corrected chi connectivity index (χ2v) is 6.36. The molecule has 1 heterocycles. The predicted octanol–water partition coefficient (Wildman–Crippen LogP) is 4.98. The van der Waals surface area contributed by atoms with Crippen LogP contribution in [-0.4, -0.2) is 24.0 Å². The molecule has 1 aromatic carbocycles. The Hall–Kier alpha value is -1.81. The topological polar surface area (TPSA) is 29.5 Å². The minimum Gasteiger partial charge on any atom is -0.494 e. The van der Waals surface area contributed by atoms with Gasteiger partial charge in [0, 0.05) is 18.7 Å². The van der Waals surface area contributed by atoms with E-state index in [9.17, 15) is 4.79 Å². The van der Waals surface area contributed by atoms with Crippen molar-refractivity contribution in [3.05, 3.63) is 52.2 Å². The quantitative estimate of drug-likeness (QED) is 0.607. The van der Waals surface area contributed by atoms with Gasteiger partial charge in [0.1, 0.15) is 5.75 Å². The molecular weight excluding hydrogens is 306 g/mol. The maximum absolute atomic E-state index is 12.7. The first-order valence-corrected chi connectivity index (χ1v) is 9.22. The lowest BCUT2D eigenvalue weighted by atomic mass is 10.1. The molecule has 1 amide bonds. The third-order valence-corrected chi connectivity index (χ3v) is 4.33. The van der Waals surface area contributed by atoms with E-state index < -0.39 is 0 Å². The van der Waals surface area contributed by atoms with Crippen molar-refractivity contribution in [3.8, 4) is 5.75 Å². The van der Waals surface area contributed by atoms with Gasteiger partial charge in [0.2, 0.25) is 0 Å². The Morgan fingerprint density at radius 3 is 2.52 bits per heavy atom. The molecule has 0 radical (unpaired) electrons. The van der Waals surface area contributed by atoms with Gasteiger partial charge in [-0.3, -0.25) is 4.79 Å². The largest absolute Gasteiger partial charge is 0.494 e. The van der Waals surface area contributed by atoms with Gasteiger partial charge in [-0.05, 0) is 59.5 Å². The van der Waals surface area contributed by atoms with Crippen LogP contribution >= 0.6 is 11.3 Å². The molecule has 0 aliphatic heterocycles. The van der Waals surface area contributed by atoms with E-state index >= 15 is 0 Å². The Morgan fingerprint density at radius 2 is 1.91 bits per heavy atom. The van der Waals surface area contributed by atoms with Crippen molar-refractivity contribution in [3.63, 3.8) is 0 Å². The molecule has 0 aliphatic carbocycles. The maximum atomic E-state index is 12.7. The molecule has 0 unspecified atom stereocenters. The lowest BCUT2D eigenvalue weighted by molar-refractivity contribution is 0.0743. The molecule has 0 saturated carbocycles. The Morgan fingerprint density at radius 1 is 1.13 bits per heavy atom. The second kappa shape index (κ2) is 9.36. The van der Waals surface area contributed by atoms with E-state index in [1.807, 2.05) is 34.5 Å². The zero-order valence-electron chi connectivity index (χ0n) is 14.0. The van der Waals surface area contributed by atoms with E-state index in [0.717, 1.165) is 43.7 Å². The van der Waals surface area contributed by atoms with Gasteiger partial charge in [-0.25, -0.2) is 0 Å². The molecule has 0 spiro atoms. The number of carbonyl (C=O) groups excluding carboxylic acids is 1. The summed E-state index contributed by atoms with van der Waals surface area (Å²) in [5, 5.41) is 4.15. The summed E-state index contributed by atoms with van der Waals surface area (Å²) in [4.78, 5) is 14.6. The number of amides is 1. The Bertz CT molecular complexity index is 578. The van der Waals surface area contributed by atoms with Gasteiger partial charge >= 0.3 is 0 Å². The summed E-state index contributed by atoms with van der Waals surface area (Å²) in [6.45, 7) is 6.40. The van der Waals surface area contributed by atoms with Gasteiger partial charge in [-0.1, -0.05) is 20.3 Å². The number of carbonyl (C=O) groups is 1. The fraction of sp³-hybridized carbons (Fsp3) is 0.421. The molecule has 0 saturated heterocycles. The smallest absolute Gasteiger partial charge is 0.254 e. The molecule has 2 aromatic rings. The first-order valence-electron chi connectivity index (χ1n) is 8.27. The van der Waals surface area contributed by atoms with E-state index in [1.165, 1.54) is 5.56 Å². The fourth-order valence-electron chi connectivity index (χ4n) is 2.34. The molecule has 0 bridgehead atoms. The van der Waals surface area contributed by atoms with E-state index in [4.69, 9.17) is 4.74 Å². The van der Waals surface area contributed by atoms with Crippen LogP contribution in [0, 0.1) is 0 Å². The number of rotatable bonds is 9. The first-order chi connectivity index (χ1) is 11.2. The molecule has 124 valence electrons. The SMILES string of the molecule is CCCCOc1ccc(C(=O)N(CCC)Cc2ccsc2)cc1. The van der Waals surface area contributed by atoms with Crippen LogP contribution in [0.3, 0.4) is 0 Å². The van der Waals surface area contributed by atoms with Crippen LogP contribution < -0.4 is 4.74 Å². The number of ether oxygens (including phenoxy) is 1. The van der Waals surface area contributed by atoms with Crippen LogP contribution in [0.5, 0.6) is 5.75 Å². The zero-order chi connectivity index (χ0) is 16.5. The van der Waals surface area contributed by atoms with Crippen LogP contribution in [-0.2, 0) is 6.54 Å². The highest BCUT2D eigenvalue weighted by Crippen LogP contribution is 2.17. The van der Waals surface area contributed by atoms with Crippen molar-refractivity contribution in [2.24, 2.45) is 0 Å². The molecule has 2 rings (SSSR count). The van der Waals surface area contributed by atoms with E-state index in [1.54, 1.807) is 11.3 Å². The van der Waals surface area contributed by atoms with Crippen molar-refractivity contribution in [1.82, 2.24) is 4.90 Å². The monoisotopic (exact) mass is 331 g/mol. The summed E-state index contributed by atoms with van der Waals surface area (Å²) in [6, 6.07) is 9.57. The maximum Gasteiger partial charge on any atom is 0.254 e. The summed E-state index contributed by atoms with van der Waals surface area (Å²) >= 11 is 1.66. The number of hydrogen-bond donors (Lipinski definition) is 0. The fourth-order valence-corrected chi connectivity index (χ4v) is 3.00. The van der Waals surface area contributed by atoms with Gasteiger partial charge in [0.15, 0.2) is 0 Å². The number of thiophene rings is 1. The summed E-state index contributed by atoms with van der Waals surface area (Å²) in [6.07, 6.45) is 3.12. The molecule has 1 aromatic heterocycles. The highest BCUT2D eigenvalue weighted by atomic mass is 32.1. The zero-order valence-corrected chi connectivity index (χ0v) is 14.8. The number of benzene rings is 1. The molecule has 0 fully saturated rings. The van der Waals surface area contributed by atoms with Crippen molar-refractivity contribution in [2.45, 2.75) is 39.7 Å². The van der Waals surface area contributed by atoms with Crippen LogP contribution in [0.1, 0.15) is 49.0 Å². The lowest BCUT2D eigenvalue weighted by Gasteiger charge is -2.22. The normalized spacial score (nSPS) is 10.5. The first kappa shape index (κ1) is 17.5. The van der Waals surface area contributed by atoms with Gasteiger partial charge < -0.3 is 9.64 Å². The molecule has 0 aliphatic rings. The third kappa shape index (κ3) is 5.39. The molecule has 4 heteroatoms. The highest BCUT2D eigenvalue weighted by Gasteiger charge is 2.15. The van der Waals surface area contributed by atoms with Crippen LogP contribution in [0.2, 0.25) is 0 Å². The average molecular weight is 331 g/mol. The van der Waals surface area contributed by atoms with Crippen LogP contribution in [0.4, 0.5) is 0 Å². The molecular formula is C19H25NO2S. The van der Waals surface area contributed by atoms with Crippen LogP contribution in [0.15, 0.2) is 41.1 Å². The van der Waals surface area contributed by atoms with Crippen molar-refractivity contribution in [2.75, 3.05) is 13.2 Å². The minimum absolute atomic E-state index is 0.0816. The van der Waals surface area contributed by atoms with Gasteiger partial charge in [-0.2, -0.15) is 11.3 Å². The molecule has 23 heavy (non-hydrogen) atoms. The van der Waals surface area contributed by atoms with E-state index in [0.29, 0.717) is 6.54 Å². The van der Waals surface area contributed by atoms with E-state index in [2.05, 4.69) is 25.3 Å². The summed E-state index contributed by atoms with van der Waals surface area (Å²) < 4.78 is 5.65. The average Bonchev–Trinajstić information content (AvgIpc) is 3.08. The number of hydrogen-bond acceptors (Lipinski definition) is 3. The summed E-state index contributed by atoms with van der Waals surface area (Å²) in [7, 11) is 0. The third-order valence-electron chi connectivity index (χ3n) is 3.60. The Balaban J connectivity index is 2.01. The van der Waals surface area contributed by atoms with Crippen molar-refractivity contribution in [1.29, 1.82) is 0 Å². The Kier molecular flexibility index (Phi) is 7.14. The Labute approximate surface area is 142 Å². The van der Waals surface area contributed by atoms with Gasteiger partial charge in [-0.15, -0.1) is 0 Å². The number of nitrogens with zero attached hydrogens (tertiary/aromatic N) is 1. The van der Waals surface area contributed by atoms with Crippen molar-refractivity contribution >= 4 is 17.2 Å². The molecule has 0 atom stereocenters. The lowest BCUT2D eigenvalue weighted by Crippen LogP contribution is -2.31. The minimum atomic E-state index is 0.0816. The molecule has 3 nitrogen and oxygen atoms in total. The van der Waals surface area contributed by atoms with E-state index in [-0.39, 0.29) is 5.91 Å². The summed E-state index contributed by atoms with van der Waals surface area (Å²) in [5.41, 5.74) is 1.91. The van der Waals surface area contributed by atoms with Gasteiger partial charge in [0.25, 0.3) is 5.91 Å². The molecule has 0 N–H and O–H groups in total. The highest BCUT2D eigenvalue weighted by molar-refractivity contribution is 7.07.